The summed E-state index contributed by atoms with van der Waals surface area (Å²) in [6, 6.07) is 2.40. The Labute approximate surface area is 115 Å². The quantitative estimate of drug-likeness (QED) is 0.906. The smallest absolute Gasteiger partial charge is 0.0490 e. The summed E-state index contributed by atoms with van der Waals surface area (Å²) in [6.45, 7) is 4.52. The van der Waals surface area contributed by atoms with Crippen LogP contribution in [0.1, 0.15) is 49.1 Å². The average molecular weight is 266 g/mol. The van der Waals surface area contributed by atoms with Crippen molar-refractivity contribution in [3.63, 3.8) is 0 Å². The molecule has 0 aliphatic heterocycles. The molecule has 0 bridgehead atoms. The van der Waals surface area contributed by atoms with E-state index in [1.807, 2.05) is 11.3 Å². The summed E-state index contributed by atoms with van der Waals surface area (Å²) in [5, 5.41) is 2.24. The van der Waals surface area contributed by atoms with Crippen molar-refractivity contribution in [2.45, 2.75) is 51.1 Å². The Morgan fingerprint density at radius 3 is 2.72 bits per heavy atom. The maximum absolute atomic E-state index is 6.65. The zero-order valence-corrected chi connectivity index (χ0v) is 12.9. The molecule has 0 amide bonds. The standard InChI is InChI=1S/C15H26N2S/c1-11-6-5-7-15(9-11,17(3)4)14(16)13-8-12(2)18-10-13/h8,10-11,14H,5-7,9,16H2,1-4H3. The molecule has 1 aromatic rings. The predicted molar refractivity (Wildman–Crippen MR) is 80.0 cm³/mol. The molecular formula is C15H26N2S. The van der Waals surface area contributed by atoms with Crippen molar-refractivity contribution in [2.75, 3.05) is 14.1 Å². The van der Waals surface area contributed by atoms with E-state index in [1.165, 1.54) is 36.1 Å². The maximum Gasteiger partial charge on any atom is 0.0490 e. The normalized spacial score (nSPS) is 30.7. The fourth-order valence-electron chi connectivity index (χ4n) is 3.47. The lowest BCUT2D eigenvalue weighted by atomic mass is 9.70. The number of hydrogen-bond acceptors (Lipinski definition) is 3. The van der Waals surface area contributed by atoms with Crippen molar-refractivity contribution >= 4 is 11.3 Å². The van der Waals surface area contributed by atoms with Crippen LogP contribution in [0.4, 0.5) is 0 Å². The summed E-state index contributed by atoms with van der Waals surface area (Å²) in [5.41, 5.74) is 8.11. The third-order valence-electron chi connectivity index (χ3n) is 4.59. The number of thiophene rings is 1. The van der Waals surface area contributed by atoms with Crippen LogP contribution >= 0.6 is 11.3 Å². The zero-order valence-electron chi connectivity index (χ0n) is 12.1. The lowest BCUT2D eigenvalue weighted by Crippen LogP contribution is -2.54. The minimum absolute atomic E-state index is 0.139. The van der Waals surface area contributed by atoms with Gasteiger partial charge in [-0.15, -0.1) is 11.3 Å². The highest BCUT2D eigenvalue weighted by atomic mass is 32.1. The number of hydrogen-bond donors (Lipinski definition) is 1. The van der Waals surface area contributed by atoms with Gasteiger partial charge in [0, 0.05) is 16.5 Å². The van der Waals surface area contributed by atoms with E-state index in [2.05, 4.69) is 44.3 Å². The fraction of sp³-hybridized carbons (Fsp3) is 0.733. The number of rotatable bonds is 3. The molecule has 1 aliphatic carbocycles. The molecule has 0 saturated heterocycles. The van der Waals surface area contributed by atoms with Crippen molar-refractivity contribution < 1.29 is 0 Å². The molecule has 18 heavy (non-hydrogen) atoms. The Balaban J connectivity index is 2.29. The van der Waals surface area contributed by atoms with Crippen molar-refractivity contribution in [2.24, 2.45) is 11.7 Å². The highest BCUT2D eigenvalue weighted by Gasteiger charge is 2.42. The molecule has 2 N–H and O–H groups in total. The van der Waals surface area contributed by atoms with E-state index < -0.39 is 0 Å². The molecular weight excluding hydrogens is 240 g/mol. The van der Waals surface area contributed by atoms with Gasteiger partial charge in [0.15, 0.2) is 0 Å². The van der Waals surface area contributed by atoms with E-state index in [0.29, 0.717) is 0 Å². The minimum atomic E-state index is 0.139. The van der Waals surface area contributed by atoms with Gasteiger partial charge in [-0.05, 0) is 56.8 Å². The number of aryl methyl sites for hydroxylation is 1. The van der Waals surface area contributed by atoms with Crippen LogP contribution in [0.5, 0.6) is 0 Å². The molecule has 1 heterocycles. The molecule has 1 saturated carbocycles. The van der Waals surface area contributed by atoms with Crippen LogP contribution in [0, 0.1) is 12.8 Å². The first-order valence-electron chi connectivity index (χ1n) is 6.94. The molecule has 1 fully saturated rings. The second kappa shape index (κ2) is 5.32. The first-order chi connectivity index (χ1) is 8.45. The van der Waals surface area contributed by atoms with Gasteiger partial charge in [-0.2, -0.15) is 0 Å². The number of nitrogens with zero attached hydrogens (tertiary/aromatic N) is 1. The highest BCUT2D eigenvalue weighted by molar-refractivity contribution is 7.10. The Morgan fingerprint density at radius 2 is 2.22 bits per heavy atom. The van der Waals surface area contributed by atoms with Crippen LogP contribution < -0.4 is 5.73 Å². The van der Waals surface area contributed by atoms with Crippen LogP contribution in [0.3, 0.4) is 0 Å². The van der Waals surface area contributed by atoms with Gasteiger partial charge in [-0.3, -0.25) is 0 Å². The van der Waals surface area contributed by atoms with Gasteiger partial charge in [0.2, 0.25) is 0 Å². The second-order valence-corrected chi connectivity index (χ2v) is 7.28. The van der Waals surface area contributed by atoms with E-state index in [0.717, 1.165) is 5.92 Å². The Bertz CT molecular complexity index is 399. The summed E-state index contributed by atoms with van der Waals surface area (Å²) in [7, 11) is 4.38. The van der Waals surface area contributed by atoms with Crippen LogP contribution in [-0.4, -0.2) is 24.5 Å². The summed E-state index contributed by atoms with van der Waals surface area (Å²) in [5.74, 6) is 0.784. The molecule has 3 unspecified atom stereocenters. The second-order valence-electron chi connectivity index (χ2n) is 6.17. The SMILES string of the molecule is Cc1cc(C(N)C2(N(C)C)CCCC(C)C2)cs1. The lowest BCUT2D eigenvalue weighted by molar-refractivity contribution is 0.0501. The molecule has 0 radical (unpaired) electrons. The van der Waals surface area contributed by atoms with Crippen molar-refractivity contribution in [3.05, 3.63) is 21.9 Å². The molecule has 1 aliphatic rings. The molecule has 2 nitrogen and oxygen atoms in total. The van der Waals surface area contributed by atoms with Gasteiger partial charge in [0.05, 0.1) is 0 Å². The van der Waals surface area contributed by atoms with E-state index in [-0.39, 0.29) is 11.6 Å². The average Bonchev–Trinajstić information content (AvgIpc) is 2.74. The van der Waals surface area contributed by atoms with E-state index in [9.17, 15) is 0 Å². The minimum Gasteiger partial charge on any atom is -0.322 e. The molecule has 1 aromatic heterocycles. The number of nitrogens with two attached hydrogens (primary N) is 1. The van der Waals surface area contributed by atoms with E-state index >= 15 is 0 Å². The molecule has 3 atom stereocenters. The molecule has 0 aromatic carbocycles. The number of likely N-dealkylation sites (N-methyl/N-ethyl adjacent to an activating group) is 1. The Kier molecular flexibility index (Phi) is 4.15. The summed E-state index contributed by atoms with van der Waals surface area (Å²) >= 11 is 1.81. The van der Waals surface area contributed by atoms with Gasteiger partial charge < -0.3 is 10.6 Å². The third-order valence-corrected chi connectivity index (χ3v) is 5.47. The lowest BCUT2D eigenvalue weighted by Gasteiger charge is -2.49. The summed E-state index contributed by atoms with van der Waals surface area (Å²) < 4.78 is 0. The first kappa shape index (κ1) is 14.0. The van der Waals surface area contributed by atoms with Gasteiger partial charge in [-0.25, -0.2) is 0 Å². The van der Waals surface area contributed by atoms with Crippen LogP contribution in [0.2, 0.25) is 0 Å². The third kappa shape index (κ3) is 2.49. The largest absolute Gasteiger partial charge is 0.322 e. The van der Waals surface area contributed by atoms with Crippen LogP contribution in [-0.2, 0) is 0 Å². The predicted octanol–water partition coefficient (Wildman–Crippen LogP) is 3.57. The van der Waals surface area contributed by atoms with Gasteiger partial charge in [0.25, 0.3) is 0 Å². The van der Waals surface area contributed by atoms with Gasteiger partial charge in [0.1, 0.15) is 0 Å². The van der Waals surface area contributed by atoms with Crippen molar-refractivity contribution in [3.8, 4) is 0 Å². The highest BCUT2D eigenvalue weighted by Crippen LogP contribution is 2.43. The van der Waals surface area contributed by atoms with Crippen LogP contribution in [0.25, 0.3) is 0 Å². The van der Waals surface area contributed by atoms with Crippen molar-refractivity contribution in [1.29, 1.82) is 0 Å². The molecule has 3 heteroatoms. The Morgan fingerprint density at radius 1 is 1.50 bits per heavy atom. The molecule has 0 spiro atoms. The van der Waals surface area contributed by atoms with Gasteiger partial charge in [-0.1, -0.05) is 19.8 Å². The van der Waals surface area contributed by atoms with E-state index in [4.69, 9.17) is 5.73 Å². The fourth-order valence-corrected chi connectivity index (χ4v) is 4.21. The maximum atomic E-state index is 6.65. The van der Waals surface area contributed by atoms with Crippen molar-refractivity contribution in [1.82, 2.24) is 4.90 Å². The summed E-state index contributed by atoms with van der Waals surface area (Å²) in [4.78, 5) is 3.73. The van der Waals surface area contributed by atoms with E-state index in [1.54, 1.807) is 0 Å². The van der Waals surface area contributed by atoms with Crippen LogP contribution in [0.15, 0.2) is 11.4 Å². The van der Waals surface area contributed by atoms with Gasteiger partial charge >= 0.3 is 0 Å². The topological polar surface area (TPSA) is 29.3 Å². The first-order valence-corrected chi connectivity index (χ1v) is 7.82. The molecule has 102 valence electrons. The monoisotopic (exact) mass is 266 g/mol. The summed E-state index contributed by atoms with van der Waals surface area (Å²) in [6.07, 6.45) is 5.09. The Hall–Kier alpha value is -0.380. The molecule has 2 rings (SSSR count). The zero-order chi connectivity index (χ0) is 13.3.